The predicted molar refractivity (Wildman–Crippen MR) is 144 cm³/mol. The average molecular weight is 600 g/mol. The minimum absolute atomic E-state index is 0.0223. The summed E-state index contributed by atoms with van der Waals surface area (Å²) in [6.07, 6.45) is -1.32. The monoisotopic (exact) mass is 599 g/mol. The lowest BCUT2D eigenvalue weighted by Crippen LogP contribution is -2.37. The number of hydrogen-bond donors (Lipinski definition) is 1. The predicted octanol–water partition coefficient (Wildman–Crippen LogP) is 4.96. The summed E-state index contributed by atoms with van der Waals surface area (Å²) in [5, 5.41) is 10.5. The Bertz CT molecular complexity index is 1730. The number of nitrogens with zero attached hydrogens (tertiary/aromatic N) is 6. The molecule has 3 aliphatic rings. The van der Waals surface area contributed by atoms with Crippen molar-refractivity contribution in [3.63, 3.8) is 0 Å². The fourth-order valence-corrected chi connectivity index (χ4v) is 5.13. The Morgan fingerprint density at radius 2 is 1.88 bits per heavy atom. The van der Waals surface area contributed by atoms with Crippen LogP contribution in [0.25, 0.3) is 33.8 Å². The molecule has 1 atom stereocenters. The molecule has 2 aromatic heterocycles. The number of alkyl halides is 4. The van der Waals surface area contributed by atoms with Gasteiger partial charge in [0.1, 0.15) is 18.1 Å². The van der Waals surface area contributed by atoms with Gasteiger partial charge in [0.05, 0.1) is 23.4 Å². The van der Waals surface area contributed by atoms with Gasteiger partial charge in [0.15, 0.2) is 6.10 Å². The van der Waals surface area contributed by atoms with Crippen LogP contribution in [0.3, 0.4) is 0 Å². The summed E-state index contributed by atoms with van der Waals surface area (Å²) in [5.74, 6) is -0.0166. The van der Waals surface area contributed by atoms with Gasteiger partial charge < -0.3 is 24.1 Å². The van der Waals surface area contributed by atoms with Gasteiger partial charge in [-0.3, -0.25) is 4.68 Å². The van der Waals surface area contributed by atoms with Crippen LogP contribution in [0.15, 0.2) is 54.9 Å². The molecule has 0 fully saturated rings. The van der Waals surface area contributed by atoms with Crippen LogP contribution < -0.4 is 14.8 Å². The molecule has 3 aromatic rings. The van der Waals surface area contributed by atoms with Gasteiger partial charge >= 0.3 is 12.7 Å². The van der Waals surface area contributed by atoms with Crippen molar-refractivity contribution in [2.45, 2.75) is 32.2 Å². The van der Waals surface area contributed by atoms with E-state index in [1.54, 1.807) is 18.3 Å². The number of halogens is 4. The van der Waals surface area contributed by atoms with E-state index in [-0.39, 0.29) is 41.4 Å². The zero-order chi connectivity index (χ0) is 30.2. The van der Waals surface area contributed by atoms with E-state index >= 15 is 0 Å². The van der Waals surface area contributed by atoms with Crippen LogP contribution in [0.2, 0.25) is 0 Å². The van der Waals surface area contributed by atoms with Crippen molar-refractivity contribution in [3.05, 3.63) is 66.1 Å². The SMILES string of the molecule is CNC(=O)OC1COc2c(-c3nc4n(Cc5ccccc5)cccc-4c3-c3cn(C)nc3OC(F)F)c(C(F)F)nn2C1. The number of aromatic nitrogens is 6. The van der Waals surface area contributed by atoms with Gasteiger partial charge in [0, 0.05) is 44.2 Å². The van der Waals surface area contributed by atoms with Gasteiger partial charge in [0.25, 0.3) is 6.43 Å². The number of carbonyl (C=O) groups excluding carboxylic acids is 1. The van der Waals surface area contributed by atoms with E-state index in [0.717, 1.165) is 5.56 Å². The Balaban J connectivity index is 1.57. The van der Waals surface area contributed by atoms with Gasteiger partial charge in [-0.2, -0.15) is 13.9 Å². The third-order valence-corrected chi connectivity index (χ3v) is 6.86. The molecular formula is C28H25F4N7O4. The Hall–Kier alpha value is -5.08. The van der Waals surface area contributed by atoms with Gasteiger partial charge in [-0.25, -0.2) is 23.2 Å². The molecule has 1 amide bonds. The van der Waals surface area contributed by atoms with E-state index in [1.807, 2.05) is 34.9 Å². The quantitative estimate of drug-likeness (QED) is 0.251. The highest BCUT2D eigenvalue weighted by atomic mass is 19.3. The number of rotatable bonds is 8. The zero-order valence-corrected chi connectivity index (χ0v) is 22.9. The number of hydrogen-bond acceptors (Lipinski definition) is 7. The van der Waals surface area contributed by atoms with Gasteiger partial charge in [-0.1, -0.05) is 30.3 Å². The second-order valence-corrected chi connectivity index (χ2v) is 9.73. The molecule has 1 unspecified atom stereocenters. The van der Waals surface area contributed by atoms with E-state index < -0.39 is 36.8 Å². The molecule has 3 aliphatic heterocycles. The first-order valence-electron chi connectivity index (χ1n) is 13.2. The number of carbonyl (C=O) groups is 1. The fourth-order valence-electron chi connectivity index (χ4n) is 5.13. The Morgan fingerprint density at radius 1 is 1.09 bits per heavy atom. The van der Waals surface area contributed by atoms with Crippen LogP contribution in [0, 0.1) is 0 Å². The Labute approximate surface area is 241 Å². The van der Waals surface area contributed by atoms with Crippen LogP contribution in [-0.4, -0.2) is 61.6 Å². The minimum atomic E-state index is -3.18. The van der Waals surface area contributed by atoms with E-state index in [1.165, 1.54) is 29.7 Å². The Kier molecular flexibility index (Phi) is 7.38. The number of nitrogens with one attached hydrogen (secondary N) is 1. The summed E-state index contributed by atoms with van der Waals surface area (Å²) < 4.78 is 76.1. The van der Waals surface area contributed by atoms with Crippen molar-refractivity contribution in [3.8, 4) is 45.5 Å². The lowest BCUT2D eigenvalue weighted by Gasteiger charge is -2.24. The highest BCUT2D eigenvalue weighted by molar-refractivity contribution is 5.97. The van der Waals surface area contributed by atoms with Crippen molar-refractivity contribution in [1.29, 1.82) is 0 Å². The number of amides is 1. The Morgan fingerprint density at radius 3 is 2.60 bits per heavy atom. The number of alkyl carbamates (subject to hydrolysis) is 1. The molecule has 0 spiro atoms. The normalized spacial score (nSPS) is 14.7. The molecule has 1 N–H and O–H groups in total. The standard InChI is InChI=1S/C28H25F4N7O4/c1-33-28(40)42-16-12-39-26(41-14-16)20(22(35-39)23(29)30)21-19(18-13-37(2)36-25(18)43-27(31)32)17-9-6-10-38(24(17)34-21)11-15-7-4-3-5-8-15/h3-10,13,16,23,27H,11-12,14H2,1-2H3,(H,33,40). The van der Waals surface area contributed by atoms with Gasteiger partial charge in [-0.15, -0.1) is 5.10 Å². The number of benzene rings is 1. The third kappa shape index (κ3) is 5.33. The molecule has 6 rings (SSSR count). The maximum atomic E-state index is 14.6. The second kappa shape index (κ2) is 11.3. The highest BCUT2D eigenvalue weighted by Crippen LogP contribution is 2.49. The van der Waals surface area contributed by atoms with Crippen molar-refractivity contribution in [1.82, 2.24) is 34.4 Å². The van der Waals surface area contributed by atoms with Gasteiger partial charge in [0.2, 0.25) is 11.8 Å². The molecule has 0 radical (unpaired) electrons. The molecule has 0 bridgehead atoms. The van der Waals surface area contributed by atoms with Crippen molar-refractivity contribution < 1.29 is 36.6 Å². The molecule has 43 heavy (non-hydrogen) atoms. The summed E-state index contributed by atoms with van der Waals surface area (Å²) in [6.45, 7) is -2.98. The summed E-state index contributed by atoms with van der Waals surface area (Å²) in [7, 11) is 2.91. The number of pyridine rings is 1. The topological polar surface area (TPSA) is 110 Å². The van der Waals surface area contributed by atoms with E-state index in [2.05, 4.69) is 15.5 Å². The van der Waals surface area contributed by atoms with Crippen LogP contribution in [0.5, 0.6) is 11.8 Å². The van der Waals surface area contributed by atoms with Crippen LogP contribution >= 0.6 is 0 Å². The number of aryl methyl sites for hydroxylation is 1. The molecule has 0 saturated heterocycles. The number of ether oxygens (including phenoxy) is 3. The summed E-state index contributed by atoms with van der Waals surface area (Å²) >= 11 is 0. The number of fused-ring (bicyclic) bond motifs is 2. The molecule has 15 heteroatoms. The van der Waals surface area contributed by atoms with E-state index in [4.69, 9.17) is 19.2 Å². The van der Waals surface area contributed by atoms with E-state index in [0.29, 0.717) is 17.9 Å². The minimum Gasteiger partial charge on any atom is -0.473 e. The molecule has 5 heterocycles. The van der Waals surface area contributed by atoms with Crippen LogP contribution in [0.4, 0.5) is 22.4 Å². The zero-order valence-electron chi connectivity index (χ0n) is 22.9. The second-order valence-electron chi connectivity index (χ2n) is 9.73. The molecular weight excluding hydrogens is 574 g/mol. The van der Waals surface area contributed by atoms with Crippen molar-refractivity contribution in [2.75, 3.05) is 13.7 Å². The average Bonchev–Trinajstić information content (AvgIpc) is 3.65. The first kappa shape index (κ1) is 28.1. The molecule has 224 valence electrons. The summed E-state index contributed by atoms with van der Waals surface area (Å²) in [6, 6.07) is 13.0. The third-order valence-electron chi connectivity index (χ3n) is 6.86. The van der Waals surface area contributed by atoms with Crippen LogP contribution in [-0.2, 0) is 24.9 Å². The molecule has 0 aliphatic carbocycles. The molecule has 1 aromatic carbocycles. The van der Waals surface area contributed by atoms with Crippen LogP contribution in [0.1, 0.15) is 17.7 Å². The summed E-state index contributed by atoms with van der Waals surface area (Å²) in [5.41, 5.74) is 1.08. The van der Waals surface area contributed by atoms with E-state index in [9.17, 15) is 22.4 Å². The van der Waals surface area contributed by atoms with Crippen molar-refractivity contribution in [2.24, 2.45) is 7.05 Å². The summed E-state index contributed by atoms with van der Waals surface area (Å²) in [4.78, 5) is 16.6. The van der Waals surface area contributed by atoms with Gasteiger partial charge in [-0.05, 0) is 17.7 Å². The lowest BCUT2D eigenvalue weighted by atomic mass is 9.98. The maximum absolute atomic E-state index is 14.6. The molecule has 11 nitrogen and oxygen atoms in total. The first-order chi connectivity index (χ1) is 20.7. The maximum Gasteiger partial charge on any atom is 0.407 e. The lowest BCUT2D eigenvalue weighted by molar-refractivity contribution is -0.0527. The largest absolute Gasteiger partial charge is 0.473 e. The smallest absolute Gasteiger partial charge is 0.407 e. The molecule has 0 saturated carbocycles. The van der Waals surface area contributed by atoms with Crippen molar-refractivity contribution >= 4 is 6.09 Å². The highest BCUT2D eigenvalue weighted by Gasteiger charge is 2.37. The first-order valence-corrected chi connectivity index (χ1v) is 13.2. The fraction of sp³-hybridized carbons (Fsp3) is 0.286.